The number of ether oxygens (including phenoxy) is 1. The second-order valence-corrected chi connectivity index (χ2v) is 5.68. The molecular weight excluding hydrogens is 359 g/mol. The van der Waals surface area contributed by atoms with Gasteiger partial charge in [0.1, 0.15) is 5.75 Å². The Hall–Kier alpha value is -1.89. The first-order chi connectivity index (χ1) is 11.6. The van der Waals surface area contributed by atoms with Gasteiger partial charge in [-0.05, 0) is 25.5 Å². The number of hydrogen-bond acceptors (Lipinski definition) is 3. The van der Waals surface area contributed by atoms with E-state index < -0.39 is 23.8 Å². The number of rotatable bonds is 4. The van der Waals surface area contributed by atoms with Gasteiger partial charge in [0.25, 0.3) is 0 Å². The number of fused-ring (bicyclic) bond motifs is 1. The first-order valence-electron chi connectivity index (χ1n) is 7.91. The van der Waals surface area contributed by atoms with Crippen molar-refractivity contribution in [2.45, 2.75) is 52.4 Å². The van der Waals surface area contributed by atoms with Gasteiger partial charge in [-0.2, -0.15) is 13.2 Å². The smallest absolute Gasteiger partial charge is 0.430 e. The van der Waals surface area contributed by atoms with Crippen LogP contribution in [0.4, 0.5) is 18.9 Å². The highest BCUT2D eigenvalue weighted by atomic mass is 35.5. The van der Waals surface area contributed by atoms with Crippen LogP contribution in [0.5, 0.6) is 5.75 Å². The zero-order chi connectivity index (χ0) is 19.4. The molecule has 0 aromatic heterocycles. The Morgan fingerprint density at radius 3 is 2.48 bits per heavy atom. The number of carbonyl (C=O) groups is 1. The van der Waals surface area contributed by atoms with Crippen LogP contribution >= 0.6 is 11.6 Å². The molecule has 0 spiro atoms. The Morgan fingerprint density at radius 2 is 2.00 bits per heavy atom. The van der Waals surface area contributed by atoms with Crippen molar-refractivity contribution in [1.82, 2.24) is 0 Å². The van der Waals surface area contributed by atoms with E-state index in [0.29, 0.717) is 5.69 Å². The maximum Gasteiger partial charge on any atom is 0.430 e. The number of carboxylic acids is 1. The van der Waals surface area contributed by atoms with E-state index in [4.69, 9.17) is 21.4 Å². The molecule has 1 aliphatic rings. The molecule has 2 atom stereocenters. The van der Waals surface area contributed by atoms with Crippen molar-refractivity contribution in [3.05, 3.63) is 28.3 Å². The maximum atomic E-state index is 13.0. The van der Waals surface area contributed by atoms with E-state index in [1.54, 1.807) is 0 Å². The molecule has 8 heteroatoms. The van der Waals surface area contributed by atoms with Crippen LogP contribution in [0.1, 0.15) is 39.7 Å². The minimum atomic E-state index is -4.83. The van der Waals surface area contributed by atoms with Crippen LogP contribution in [0.2, 0.25) is 5.02 Å². The summed E-state index contributed by atoms with van der Waals surface area (Å²) < 4.78 is 44.0. The topological polar surface area (TPSA) is 58.6 Å². The van der Waals surface area contributed by atoms with Crippen LogP contribution in [0.3, 0.4) is 0 Å². The van der Waals surface area contributed by atoms with Crippen LogP contribution in [0.15, 0.2) is 17.7 Å². The lowest BCUT2D eigenvalue weighted by Crippen LogP contribution is -2.40. The number of aliphatic carboxylic acids is 1. The molecular formula is C17H21ClF3NO3. The van der Waals surface area contributed by atoms with E-state index >= 15 is 0 Å². The van der Waals surface area contributed by atoms with Crippen LogP contribution in [-0.4, -0.2) is 29.4 Å². The first-order valence-corrected chi connectivity index (χ1v) is 8.29. The molecule has 0 bridgehead atoms. The Bertz CT molecular complexity index is 659. The summed E-state index contributed by atoms with van der Waals surface area (Å²) in [4.78, 5) is 11.1. The van der Waals surface area contributed by atoms with E-state index in [9.17, 15) is 18.0 Å². The zero-order valence-electron chi connectivity index (χ0n) is 14.4. The summed E-state index contributed by atoms with van der Waals surface area (Å²) in [5, 5.41) is 12.3. The number of halogens is 4. The van der Waals surface area contributed by atoms with E-state index in [-0.39, 0.29) is 22.4 Å². The van der Waals surface area contributed by atoms with E-state index in [1.165, 1.54) is 12.1 Å². The Kier molecular flexibility index (Phi) is 7.17. The van der Waals surface area contributed by atoms with Crippen LogP contribution < -0.4 is 10.1 Å². The van der Waals surface area contributed by atoms with Crippen molar-refractivity contribution in [1.29, 1.82) is 0 Å². The second kappa shape index (κ2) is 8.47. The molecule has 0 radical (unpaired) electrons. The Morgan fingerprint density at radius 1 is 1.40 bits per heavy atom. The number of nitrogens with one attached hydrogen (secondary N) is 1. The van der Waals surface area contributed by atoms with Crippen molar-refractivity contribution in [3.8, 4) is 5.75 Å². The third kappa shape index (κ3) is 5.04. The van der Waals surface area contributed by atoms with E-state index in [2.05, 4.69) is 5.32 Å². The number of benzene rings is 1. The highest BCUT2D eigenvalue weighted by Crippen LogP contribution is 2.40. The van der Waals surface area contributed by atoms with E-state index in [1.807, 2.05) is 27.7 Å². The van der Waals surface area contributed by atoms with Crippen molar-refractivity contribution >= 4 is 29.3 Å². The molecule has 140 valence electrons. The van der Waals surface area contributed by atoms with Crippen molar-refractivity contribution in [2.75, 3.05) is 5.32 Å². The highest BCUT2D eigenvalue weighted by molar-refractivity contribution is 6.33. The maximum absolute atomic E-state index is 13.0. The molecule has 1 aromatic rings. The molecule has 1 aliphatic heterocycles. The van der Waals surface area contributed by atoms with Gasteiger partial charge in [0, 0.05) is 17.7 Å². The molecule has 0 fully saturated rings. The van der Waals surface area contributed by atoms with Gasteiger partial charge in [0.05, 0.1) is 16.3 Å². The summed E-state index contributed by atoms with van der Waals surface area (Å²) >= 11 is 6.10. The fraction of sp³-hybridized carbons (Fsp3) is 0.471. The number of carboxylic acid groups (broad SMARTS) is 1. The van der Waals surface area contributed by atoms with Gasteiger partial charge in [-0.3, -0.25) is 0 Å². The molecule has 0 aliphatic carbocycles. The van der Waals surface area contributed by atoms with Crippen LogP contribution in [0, 0.1) is 0 Å². The van der Waals surface area contributed by atoms with E-state index in [0.717, 1.165) is 12.5 Å². The van der Waals surface area contributed by atoms with Gasteiger partial charge in [-0.15, -0.1) is 0 Å². The Labute approximate surface area is 149 Å². The molecule has 1 aromatic carbocycles. The number of hydrogen-bond donors (Lipinski definition) is 2. The standard InChI is InChI=1S/C15H15ClF3NO3.C2H6/c1-3-7(2)20-11-6-12-8(5-10(11)16)4-9(14(21)22)13(23-12)15(17,18)19;1-2/h4-7,13,20H,3H2,1-2H3,(H,21,22);1-2H3. The summed E-state index contributed by atoms with van der Waals surface area (Å²) in [7, 11) is 0. The average Bonchev–Trinajstić information content (AvgIpc) is 2.55. The number of alkyl halides is 3. The summed E-state index contributed by atoms with van der Waals surface area (Å²) in [5.41, 5.74) is -0.237. The summed E-state index contributed by atoms with van der Waals surface area (Å²) in [6.07, 6.45) is -5.60. The van der Waals surface area contributed by atoms with Gasteiger partial charge >= 0.3 is 12.1 Å². The summed E-state index contributed by atoms with van der Waals surface area (Å²) in [6.45, 7) is 7.85. The first kappa shape index (κ1) is 21.2. The highest BCUT2D eigenvalue weighted by Gasteiger charge is 2.48. The SMILES string of the molecule is CC.CCC(C)Nc1cc2c(cc1Cl)C=C(C(=O)O)C(C(F)(F)F)O2. The molecule has 2 N–H and O–H groups in total. The summed E-state index contributed by atoms with van der Waals surface area (Å²) in [6, 6.07) is 2.81. The lowest BCUT2D eigenvalue weighted by molar-refractivity contribution is -0.187. The quantitative estimate of drug-likeness (QED) is 0.738. The monoisotopic (exact) mass is 379 g/mol. The minimum Gasteiger partial charge on any atom is -0.478 e. The van der Waals surface area contributed by atoms with Crippen LogP contribution in [-0.2, 0) is 4.79 Å². The summed E-state index contributed by atoms with van der Waals surface area (Å²) in [5.74, 6) is -1.75. The van der Waals surface area contributed by atoms with Crippen molar-refractivity contribution in [3.63, 3.8) is 0 Å². The third-order valence-electron chi connectivity index (χ3n) is 3.50. The van der Waals surface area contributed by atoms with Crippen molar-refractivity contribution < 1.29 is 27.8 Å². The van der Waals surface area contributed by atoms with Gasteiger partial charge in [-0.1, -0.05) is 32.4 Å². The van der Waals surface area contributed by atoms with Gasteiger partial charge < -0.3 is 15.2 Å². The van der Waals surface area contributed by atoms with Gasteiger partial charge in [-0.25, -0.2) is 4.79 Å². The molecule has 0 amide bonds. The fourth-order valence-electron chi connectivity index (χ4n) is 2.11. The molecule has 25 heavy (non-hydrogen) atoms. The Balaban J connectivity index is 0.00000151. The third-order valence-corrected chi connectivity index (χ3v) is 3.81. The van der Waals surface area contributed by atoms with Gasteiger partial charge in [0.15, 0.2) is 0 Å². The predicted octanol–water partition coefficient (Wildman–Crippen LogP) is 5.37. The van der Waals surface area contributed by atoms with Crippen LogP contribution in [0.25, 0.3) is 6.08 Å². The molecule has 2 rings (SSSR count). The largest absolute Gasteiger partial charge is 0.478 e. The lowest BCUT2D eigenvalue weighted by atomic mass is 10.0. The molecule has 4 nitrogen and oxygen atoms in total. The predicted molar refractivity (Wildman–Crippen MR) is 92.3 cm³/mol. The fourth-order valence-corrected chi connectivity index (χ4v) is 2.34. The molecule has 1 heterocycles. The number of anilines is 1. The normalized spacial score (nSPS) is 17.3. The lowest BCUT2D eigenvalue weighted by Gasteiger charge is -2.28. The molecule has 0 saturated carbocycles. The molecule has 0 saturated heterocycles. The van der Waals surface area contributed by atoms with Gasteiger partial charge in [0.2, 0.25) is 6.10 Å². The average molecular weight is 380 g/mol. The second-order valence-electron chi connectivity index (χ2n) is 5.27. The van der Waals surface area contributed by atoms with Crippen molar-refractivity contribution in [2.24, 2.45) is 0 Å². The zero-order valence-corrected chi connectivity index (χ0v) is 15.1. The minimum absolute atomic E-state index is 0.0625. The molecule has 2 unspecified atom stereocenters.